The minimum Gasteiger partial charge on any atom is -0.497 e. The Morgan fingerprint density at radius 2 is 1.73 bits per heavy atom. The second-order valence-electron chi connectivity index (χ2n) is 8.35. The fourth-order valence-electron chi connectivity index (χ4n) is 5.40. The molecule has 0 aliphatic heterocycles. The number of carbonyl (C=O) groups is 1. The highest BCUT2D eigenvalue weighted by atomic mass is 35.5. The van der Waals surface area contributed by atoms with Crippen molar-refractivity contribution in [3.63, 3.8) is 0 Å². The lowest BCUT2D eigenvalue weighted by Crippen LogP contribution is -2.59. The number of rotatable bonds is 4. The Labute approximate surface area is 162 Å². The average molecular weight is 379 g/mol. The van der Waals surface area contributed by atoms with Crippen LogP contribution in [0.15, 0.2) is 24.3 Å². The first-order valence-electron chi connectivity index (χ1n) is 9.83. The molecule has 1 aromatic rings. The van der Waals surface area contributed by atoms with Crippen LogP contribution in [0, 0.1) is 11.8 Å². The van der Waals surface area contributed by atoms with Gasteiger partial charge >= 0.3 is 0 Å². The summed E-state index contributed by atoms with van der Waals surface area (Å²) in [6.07, 6.45) is 8.88. The third-order valence-corrected chi connectivity index (χ3v) is 6.96. The van der Waals surface area contributed by atoms with E-state index in [0.29, 0.717) is 23.9 Å². The molecule has 0 saturated heterocycles. The van der Waals surface area contributed by atoms with Gasteiger partial charge in [0.15, 0.2) is 0 Å². The zero-order chi connectivity index (χ0) is 17.4. The number of amides is 1. The third kappa shape index (κ3) is 3.34. The normalized spacial score (nSPS) is 31.9. The number of ether oxygens (including phenoxy) is 1. The van der Waals surface area contributed by atoms with Gasteiger partial charge in [0, 0.05) is 12.1 Å². The first-order valence-corrected chi connectivity index (χ1v) is 9.83. The fourth-order valence-corrected chi connectivity index (χ4v) is 5.40. The van der Waals surface area contributed by atoms with E-state index in [4.69, 9.17) is 10.5 Å². The number of fused-ring (bicyclic) bond motifs is 2. The van der Waals surface area contributed by atoms with Gasteiger partial charge in [0.1, 0.15) is 5.75 Å². The summed E-state index contributed by atoms with van der Waals surface area (Å²) in [7, 11) is 1.67. The van der Waals surface area contributed by atoms with Crippen LogP contribution < -0.4 is 15.8 Å². The molecule has 3 aliphatic rings. The number of methoxy groups -OCH3 is 1. The summed E-state index contributed by atoms with van der Waals surface area (Å²) >= 11 is 0. The minimum absolute atomic E-state index is 0. The fraction of sp³-hybridized carbons (Fsp3) is 0.667. The zero-order valence-corrected chi connectivity index (χ0v) is 16.4. The molecule has 1 amide bonds. The first kappa shape index (κ1) is 19.5. The number of hydrogen-bond acceptors (Lipinski definition) is 3. The third-order valence-electron chi connectivity index (χ3n) is 6.96. The Morgan fingerprint density at radius 1 is 1.12 bits per heavy atom. The Kier molecular flexibility index (Phi) is 5.83. The van der Waals surface area contributed by atoms with E-state index in [-0.39, 0.29) is 23.7 Å². The van der Waals surface area contributed by atoms with E-state index < -0.39 is 0 Å². The van der Waals surface area contributed by atoms with Gasteiger partial charge in [0.2, 0.25) is 5.91 Å². The Morgan fingerprint density at radius 3 is 2.23 bits per heavy atom. The number of carbonyl (C=O) groups excluding carboxylic acids is 1. The Balaban J connectivity index is 0.00000196. The highest BCUT2D eigenvalue weighted by Gasteiger charge is 2.48. The molecule has 2 atom stereocenters. The SMILES string of the molecule is COc1ccc(C2(C(=O)NC3C4CCCC3CC(N)C4)CCC2)cc1.Cl. The minimum atomic E-state index is -0.333. The summed E-state index contributed by atoms with van der Waals surface area (Å²) in [6, 6.07) is 8.72. The van der Waals surface area contributed by atoms with E-state index in [0.717, 1.165) is 43.4 Å². The molecule has 3 aliphatic carbocycles. The zero-order valence-electron chi connectivity index (χ0n) is 15.6. The van der Waals surface area contributed by atoms with Crippen molar-refractivity contribution in [1.82, 2.24) is 5.32 Å². The molecule has 2 unspecified atom stereocenters. The number of benzene rings is 1. The molecule has 0 spiro atoms. The number of nitrogens with one attached hydrogen (secondary N) is 1. The van der Waals surface area contributed by atoms with E-state index in [2.05, 4.69) is 17.4 Å². The van der Waals surface area contributed by atoms with Gasteiger partial charge in [-0.05, 0) is 68.1 Å². The van der Waals surface area contributed by atoms with E-state index in [1.54, 1.807) is 7.11 Å². The van der Waals surface area contributed by atoms with E-state index in [9.17, 15) is 4.79 Å². The summed E-state index contributed by atoms with van der Waals surface area (Å²) in [5.41, 5.74) is 7.04. The summed E-state index contributed by atoms with van der Waals surface area (Å²) in [5.74, 6) is 2.22. The second-order valence-corrected chi connectivity index (χ2v) is 8.35. The van der Waals surface area contributed by atoms with Gasteiger partial charge in [-0.3, -0.25) is 4.79 Å². The Hall–Kier alpha value is -1.26. The molecule has 4 nitrogen and oxygen atoms in total. The van der Waals surface area contributed by atoms with E-state index >= 15 is 0 Å². The van der Waals surface area contributed by atoms with Crippen molar-refractivity contribution in [2.45, 2.75) is 68.9 Å². The van der Waals surface area contributed by atoms with Crippen molar-refractivity contribution in [2.75, 3.05) is 7.11 Å². The molecule has 0 aromatic heterocycles. The van der Waals surface area contributed by atoms with Gasteiger partial charge < -0.3 is 15.8 Å². The van der Waals surface area contributed by atoms with Crippen molar-refractivity contribution in [3.8, 4) is 5.75 Å². The maximum atomic E-state index is 13.3. The highest BCUT2D eigenvalue weighted by molar-refractivity contribution is 5.89. The van der Waals surface area contributed by atoms with Crippen LogP contribution in [-0.4, -0.2) is 25.1 Å². The molecule has 3 N–H and O–H groups in total. The second kappa shape index (κ2) is 7.77. The lowest BCUT2D eigenvalue weighted by Gasteiger charge is -2.48. The maximum absolute atomic E-state index is 13.3. The van der Waals surface area contributed by atoms with Gasteiger partial charge in [0.05, 0.1) is 12.5 Å². The van der Waals surface area contributed by atoms with Crippen LogP contribution in [0.1, 0.15) is 56.9 Å². The first-order chi connectivity index (χ1) is 12.1. The van der Waals surface area contributed by atoms with E-state index in [1.165, 1.54) is 19.3 Å². The predicted octanol–water partition coefficient (Wildman–Crippen LogP) is 3.56. The van der Waals surface area contributed by atoms with Crippen LogP contribution in [0.25, 0.3) is 0 Å². The van der Waals surface area contributed by atoms with Crippen LogP contribution in [-0.2, 0) is 10.2 Å². The molecule has 0 heterocycles. The van der Waals surface area contributed by atoms with E-state index in [1.807, 2.05) is 12.1 Å². The lowest BCUT2D eigenvalue weighted by molar-refractivity contribution is -0.132. The van der Waals surface area contributed by atoms with Crippen molar-refractivity contribution in [1.29, 1.82) is 0 Å². The summed E-state index contributed by atoms with van der Waals surface area (Å²) < 4.78 is 5.26. The molecule has 144 valence electrons. The maximum Gasteiger partial charge on any atom is 0.230 e. The molecule has 3 fully saturated rings. The molecular weight excluding hydrogens is 348 g/mol. The molecule has 26 heavy (non-hydrogen) atoms. The smallest absolute Gasteiger partial charge is 0.230 e. The van der Waals surface area contributed by atoms with Crippen LogP contribution in [0.4, 0.5) is 0 Å². The van der Waals surface area contributed by atoms with Crippen molar-refractivity contribution < 1.29 is 9.53 Å². The van der Waals surface area contributed by atoms with Crippen LogP contribution in [0.2, 0.25) is 0 Å². The van der Waals surface area contributed by atoms with Gasteiger partial charge in [0.25, 0.3) is 0 Å². The lowest BCUT2D eigenvalue weighted by atomic mass is 9.62. The molecule has 1 aromatic carbocycles. The number of nitrogens with two attached hydrogens (primary N) is 1. The Bertz CT molecular complexity index is 615. The predicted molar refractivity (Wildman–Crippen MR) is 106 cm³/mol. The summed E-state index contributed by atoms with van der Waals surface area (Å²) in [6.45, 7) is 0. The van der Waals surface area contributed by atoms with Crippen LogP contribution >= 0.6 is 12.4 Å². The monoisotopic (exact) mass is 378 g/mol. The van der Waals surface area contributed by atoms with Gasteiger partial charge in [-0.15, -0.1) is 12.4 Å². The van der Waals surface area contributed by atoms with Crippen molar-refractivity contribution in [3.05, 3.63) is 29.8 Å². The van der Waals surface area contributed by atoms with Crippen molar-refractivity contribution in [2.24, 2.45) is 17.6 Å². The molecule has 3 saturated carbocycles. The quantitative estimate of drug-likeness (QED) is 0.841. The summed E-state index contributed by atoms with van der Waals surface area (Å²) in [5, 5.41) is 3.49. The van der Waals surface area contributed by atoms with Gasteiger partial charge in [-0.25, -0.2) is 0 Å². The summed E-state index contributed by atoms with van der Waals surface area (Å²) in [4.78, 5) is 13.3. The number of halogens is 1. The molecular formula is C21H31ClN2O2. The molecule has 2 bridgehead atoms. The van der Waals surface area contributed by atoms with Crippen molar-refractivity contribution >= 4 is 18.3 Å². The largest absolute Gasteiger partial charge is 0.497 e. The van der Waals surface area contributed by atoms with Gasteiger partial charge in [-0.2, -0.15) is 0 Å². The molecule has 5 heteroatoms. The van der Waals surface area contributed by atoms with Gasteiger partial charge in [-0.1, -0.05) is 25.0 Å². The standard InChI is InChI=1S/C21H30N2O2.ClH/c1-25-18-8-6-16(7-9-18)21(10-3-11-21)20(24)23-19-14-4-2-5-15(19)13-17(22)12-14;/h6-9,14-15,17,19H,2-5,10-13,22H2,1H3,(H,23,24);1H. The van der Waals surface area contributed by atoms with Crippen LogP contribution in [0.3, 0.4) is 0 Å². The molecule has 4 rings (SSSR count). The number of hydrogen-bond donors (Lipinski definition) is 2. The van der Waals surface area contributed by atoms with Crippen LogP contribution in [0.5, 0.6) is 5.75 Å². The average Bonchev–Trinajstić information content (AvgIpc) is 2.55. The topological polar surface area (TPSA) is 64.3 Å². The highest BCUT2D eigenvalue weighted by Crippen LogP contribution is 2.46. The molecule has 0 radical (unpaired) electrons.